The van der Waals surface area contributed by atoms with Crippen LogP contribution in [0.3, 0.4) is 0 Å². The molecule has 0 bridgehead atoms. The lowest BCUT2D eigenvalue weighted by Gasteiger charge is -2.41. The summed E-state index contributed by atoms with van der Waals surface area (Å²) in [5.41, 5.74) is 0. The molecule has 0 aromatic carbocycles. The van der Waals surface area contributed by atoms with Gasteiger partial charge in [-0.2, -0.15) is 8.42 Å². The predicted molar refractivity (Wildman–Crippen MR) is 236 cm³/mol. The lowest BCUT2D eigenvalue weighted by molar-refractivity contribution is -0.298. The quantitative estimate of drug-likeness (QED) is 0.0253. The highest BCUT2D eigenvalue weighted by atomic mass is 32.3. The van der Waals surface area contributed by atoms with Gasteiger partial charge in [-0.1, -0.05) is 213 Å². The average molecular weight is 866 g/mol. The second kappa shape index (κ2) is 37.6. The topological polar surface area (TPSA) is 192 Å². The number of unbranched alkanes of at least 4 members (excludes halogenated alkanes) is 30. The minimum atomic E-state index is -5.07. The van der Waals surface area contributed by atoms with Gasteiger partial charge in [0.15, 0.2) is 6.29 Å². The molecule has 1 aliphatic heterocycles. The van der Waals surface area contributed by atoms with Crippen molar-refractivity contribution in [3.63, 3.8) is 0 Å². The van der Waals surface area contributed by atoms with E-state index in [4.69, 9.17) is 9.47 Å². The van der Waals surface area contributed by atoms with Gasteiger partial charge in [-0.25, -0.2) is 4.18 Å². The lowest BCUT2D eigenvalue weighted by Crippen LogP contribution is -2.61. The number of amides is 1. The van der Waals surface area contributed by atoms with Crippen LogP contribution in [-0.2, 0) is 28.9 Å². The number of hydrogen-bond acceptors (Lipinski definition) is 10. The Morgan fingerprint density at radius 3 is 1.36 bits per heavy atom. The first-order valence-corrected chi connectivity index (χ1v) is 25.8. The first-order valence-electron chi connectivity index (χ1n) is 24.4. The molecule has 1 rings (SSSR count). The van der Waals surface area contributed by atoms with Crippen molar-refractivity contribution < 1.29 is 51.8 Å². The van der Waals surface area contributed by atoms with Gasteiger partial charge in [0, 0.05) is 6.42 Å². The van der Waals surface area contributed by atoms with Crippen LogP contribution >= 0.6 is 0 Å². The minimum absolute atomic E-state index is 0.229. The number of aliphatic hydroxyl groups is 4. The highest BCUT2D eigenvalue weighted by molar-refractivity contribution is 7.80. The third-order valence-corrected chi connectivity index (χ3v) is 12.4. The van der Waals surface area contributed by atoms with E-state index in [1.807, 2.05) is 0 Å². The maximum atomic E-state index is 13.0. The van der Waals surface area contributed by atoms with Gasteiger partial charge in [0.1, 0.15) is 24.4 Å². The summed E-state index contributed by atoms with van der Waals surface area (Å²) in [7, 11) is -5.07. The van der Waals surface area contributed by atoms with Crippen LogP contribution in [0, 0.1) is 0 Å². The first kappa shape index (κ1) is 56.1. The van der Waals surface area contributed by atoms with Crippen molar-refractivity contribution in [3.05, 3.63) is 0 Å². The highest BCUT2D eigenvalue weighted by Crippen LogP contribution is 2.26. The molecule has 0 aromatic rings. The van der Waals surface area contributed by atoms with E-state index in [9.17, 15) is 38.2 Å². The SMILES string of the molecule is CCCCCCCCCCCCCCCCCCCCCCCCC(O)C(COC1OC(CO)C(O)C(OS(=O)(=O)O)C1O)NC(=O)CCCCCCCCCCCC. The molecule has 0 aromatic heterocycles. The summed E-state index contributed by atoms with van der Waals surface area (Å²) in [6.07, 6.45) is 31.2. The number of nitrogens with one attached hydrogen (secondary N) is 1. The molecule has 6 N–H and O–H groups in total. The molecule has 12 nitrogen and oxygen atoms in total. The maximum absolute atomic E-state index is 13.0. The van der Waals surface area contributed by atoms with Gasteiger partial charge in [0.05, 0.1) is 25.4 Å². The Balaban J connectivity index is 2.38. The number of ether oxygens (including phenoxy) is 2. The fourth-order valence-electron chi connectivity index (χ4n) is 8.11. The van der Waals surface area contributed by atoms with Crippen molar-refractivity contribution in [3.8, 4) is 0 Å². The molecule has 0 spiro atoms. The first-order chi connectivity index (χ1) is 28.5. The Labute approximate surface area is 360 Å². The molecule has 59 heavy (non-hydrogen) atoms. The number of aliphatic hydroxyl groups excluding tert-OH is 4. The van der Waals surface area contributed by atoms with Crippen LogP contribution in [0.15, 0.2) is 0 Å². The zero-order valence-electron chi connectivity index (χ0n) is 37.6. The molecule has 1 aliphatic rings. The van der Waals surface area contributed by atoms with Gasteiger partial charge in [-0.15, -0.1) is 0 Å². The zero-order valence-corrected chi connectivity index (χ0v) is 38.4. The summed E-state index contributed by atoms with van der Waals surface area (Å²) >= 11 is 0. The van der Waals surface area contributed by atoms with Crippen molar-refractivity contribution in [1.82, 2.24) is 5.32 Å². The fourth-order valence-corrected chi connectivity index (χ4v) is 8.62. The van der Waals surface area contributed by atoms with Crippen LogP contribution in [0.4, 0.5) is 0 Å². The molecule has 13 heteroatoms. The fraction of sp³-hybridized carbons (Fsp3) is 0.978. The highest BCUT2D eigenvalue weighted by Gasteiger charge is 2.48. The summed E-state index contributed by atoms with van der Waals surface area (Å²) < 4.78 is 47.6. The second-order valence-electron chi connectivity index (χ2n) is 17.4. The molecule has 1 amide bonds. The Kier molecular flexibility index (Phi) is 35.8. The van der Waals surface area contributed by atoms with Crippen molar-refractivity contribution in [2.24, 2.45) is 0 Å². The van der Waals surface area contributed by atoms with Crippen LogP contribution in [0.25, 0.3) is 0 Å². The number of hydrogen-bond donors (Lipinski definition) is 6. The molecule has 7 atom stereocenters. The van der Waals surface area contributed by atoms with E-state index in [1.54, 1.807) is 0 Å². The summed E-state index contributed by atoms with van der Waals surface area (Å²) in [5.74, 6) is -0.229. The van der Waals surface area contributed by atoms with E-state index < -0.39 is 59.9 Å². The van der Waals surface area contributed by atoms with Gasteiger partial charge in [0.2, 0.25) is 5.91 Å². The second-order valence-corrected chi connectivity index (χ2v) is 18.5. The van der Waals surface area contributed by atoms with E-state index >= 15 is 0 Å². The van der Waals surface area contributed by atoms with Gasteiger partial charge < -0.3 is 35.2 Å². The molecular weight excluding hydrogens is 775 g/mol. The normalized spacial score (nSPS) is 20.8. The Hall–Kier alpha value is -0.900. The van der Waals surface area contributed by atoms with Crippen molar-refractivity contribution in [2.75, 3.05) is 13.2 Å². The Bertz CT molecular complexity index is 1070. The average Bonchev–Trinajstić information content (AvgIpc) is 3.20. The summed E-state index contributed by atoms with van der Waals surface area (Å²) in [6.45, 7) is 3.45. The van der Waals surface area contributed by atoms with Crippen LogP contribution in [0.1, 0.15) is 232 Å². The van der Waals surface area contributed by atoms with Gasteiger partial charge in [0.25, 0.3) is 0 Å². The van der Waals surface area contributed by atoms with Crippen molar-refractivity contribution in [2.45, 2.75) is 275 Å². The van der Waals surface area contributed by atoms with E-state index in [-0.39, 0.29) is 12.5 Å². The van der Waals surface area contributed by atoms with Gasteiger partial charge in [-0.05, 0) is 12.8 Å². The number of carbonyl (C=O) groups is 1. The van der Waals surface area contributed by atoms with Crippen LogP contribution in [0.5, 0.6) is 0 Å². The third-order valence-electron chi connectivity index (χ3n) is 11.9. The summed E-state index contributed by atoms with van der Waals surface area (Å²) in [5, 5.41) is 44.8. The van der Waals surface area contributed by atoms with Crippen LogP contribution in [-0.4, -0.2) is 95.4 Å². The molecule has 352 valence electrons. The molecule has 0 radical (unpaired) electrons. The largest absolute Gasteiger partial charge is 0.397 e. The smallest absolute Gasteiger partial charge is 0.394 e. The molecule has 0 saturated carbocycles. The van der Waals surface area contributed by atoms with E-state index in [1.165, 1.54) is 154 Å². The lowest BCUT2D eigenvalue weighted by atomic mass is 9.99. The van der Waals surface area contributed by atoms with Crippen molar-refractivity contribution >= 4 is 16.3 Å². The molecule has 1 saturated heterocycles. The standard InChI is InChI=1S/C46H91NO11S/c1-3-5-7-9-11-13-15-16-17-18-19-20-21-22-23-24-25-26-27-29-31-33-35-40(49)39(47-42(50)36-34-32-30-28-14-12-10-8-6-4-2)38-56-46-44(52)45(58-59(53,54)55)43(51)41(37-48)57-46/h39-41,43-46,48-49,51-52H,3-38H2,1-2H3,(H,47,50)(H,53,54,55). The zero-order chi connectivity index (χ0) is 43.4. The summed E-state index contributed by atoms with van der Waals surface area (Å²) in [4.78, 5) is 13.0. The third kappa shape index (κ3) is 30.7. The van der Waals surface area contributed by atoms with Crippen LogP contribution < -0.4 is 5.32 Å². The molecule has 7 unspecified atom stereocenters. The van der Waals surface area contributed by atoms with Crippen LogP contribution in [0.2, 0.25) is 0 Å². The molecule has 1 fully saturated rings. The Morgan fingerprint density at radius 1 is 0.610 bits per heavy atom. The minimum Gasteiger partial charge on any atom is -0.394 e. The van der Waals surface area contributed by atoms with E-state index in [2.05, 4.69) is 23.3 Å². The van der Waals surface area contributed by atoms with Crippen molar-refractivity contribution in [1.29, 1.82) is 0 Å². The maximum Gasteiger partial charge on any atom is 0.397 e. The molecular formula is C46H91NO11S. The van der Waals surface area contributed by atoms with E-state index in [0.29, 0.717) is 12.8 Å². The Morgan fingerprint density at radius 2 is 0.983 bits per heavy atom. The summed E-state index contributed by atoms with van der Waals surface area (Å²) in [6, 6.07) is -0.850. The van der Waals surface area contributed by atoms with Gasteiger partial charge >= 0.3 is 10.4 Å². The number of rotatable bonds is 42. The monoisotopic (exact) mass is 866 g/mol. The predicted octanol–water partition coefficient (Wildman–Crippen LogP) is 9.78. The van der Waals surface area contributed by atoms with Gasteiger partial charge in [-0.3, -0.25) is 9.35 Å². The molecule has 0 aliphatic carbocycles. The van der Waals surface area contributed by atoms with E-state index in [0.717, 1.165) is 51.4 Å². The number of carbonyl (C=O) groups excluding carboxylic acids is 1. The molecule has 1 heterocycles.